The minimum absolute atomic E-state index is 0.00569. The van der Waals surface area contributed by atoms with Crippen molar-refractivity contribution in [1.29, 1.82) is 0 Å². The molecular weight excluding hydrogens is 1010 g/mol. The van der Waals surface area contributed by atoms with Crippen LogP contribution in [0.2, 0.25) is 0 Å². The molecule has 4 aromatic rings. The number of fused-ring (bicyclic) bond motifs is 9. The Hall–Kier alpha value is -3.16. The molecule has 4 aliphatic heterocycles. The standard InChI is InChI=1S/C58H76N2O10S4/c1-4-5-6-9-52-58-21-20-36(25-51(58)68)50(27-41(66)16-11-35-14-19-49(67)56(69-3)53(35)42-17-12-34-10-15-40(65)26-44(34)47(42)32-72-74-58)70-57-46-23-38(30-63)55(59-28-33(2)64)43-18-13-37(29-62)45(54(43)46)24-39(31-71-73-52)48(60-57)8-7-22-61/h10,12,14-15,17,19,23,26,36-37,39,45,48,50-52,57,59-63,65,67-68H,4-9,11,13,16,18,20-22,24-25,27-32H2,1-3H3. The van der Waals surface area contributed by atoms with E-state index >= 15 is 0 Å². The Kier molecular flexibility index (Phi) is 18.9. The zero-order valence-corrected chi connectivity index (χ0v) is 46.4. The molecule has 12 nitrogen and oxygen atoms in total. The van der Waals surface area contributed by atoms with E-state index in [2.05, 4.69) is 23.6 Å². The number of rotatable bonds is 13. The van der Waals surface area contributed by atoms with E-state index in [4.69, 9.17) is 9.47 Å². The van der Waals surface area contributed by atoms with E-state index < -0.39 is 23.2 Å². The first-order valence-corrected chi connectivity index (χ1v) is 31.7. The second-order valence-corrected chi connectivity index (χ2v) is 26.8. The zero-order valence-electron chi connectivity index (χ0n) is 43.1. The molecule has 8 N–H and O–H groups in total. The summed E-state index contributed by atoms with van der Waals surface area (Å²) in [7, 11) is 8.87. The highest BCUT2D eigenvalue weighted by atomic mass is 33.1. The van der Waals surface area contributed by atoms with Gasteiger partial charge >= 0.3 is 0 Å². The first kappa shape index (κ1) is 55.6. The molecule has 0 aromatic heterocycles. The minimum atomic E-state index is -0.736. The number of hydrogen-bond acceptors (Lipinski definition) is 16. The number of ether oxygens (including phenoxy) is 2. The van der Waals surface area contributed by atoms with Crippen LogP contribution in [-0.2, 0) is 39.5 Å². The molecule has 0 amide bonds. The topological polar surface area (TPSA) is 198 Å². The lowest BCUT2D eigenvalue weighted by molar-refractivity contribution is -0.130. The summed E-state index contributed by atoms with van der Waals surface area (Å²) in [5.74, 6) is 1.56. The summed E-state index contributed by atoms with van der Waals surface area (Å²) in [5.41, 5.74) is 7.80. The molecule has 5 bridgehead atoms. The number of aromatic hydroxyl groups is 2. The van der Waals surface area contributed by atoms with E-state index in [9.17, 15) is 40.2 Å². The Morgan fingerprint density at radius 3 is 2.54 bits per heavy atom. The van der Waals surface area contributed by atoms with Crippen LogP contribution in [0.3, 0.4) is 0 Å². The Morgan fingerprint density at radius 2 is 1.78 bits per heavy atom. The van der Waals surface area contributed by atoms with Gasteiger partial charge in [0.25, 0.3) is 0 Å². The number of aryl methyl sites for hydroxylation is 1. The fraction of sp³-hybridized carbons (Fsp3) is 0.586. The highest BCUT2D eigenvalue weighted by molar-refractivity contribution is 8.78. The molecule has 3 fully saturated rings. The number of aliphatic hydroxyl groups excluding tert-OH is 4. The number of anilines is 1. The third-order valence-corrected chi connectivity index (χ3v) is 23.4. The molecule has 4 heterocycles. The zero-order chi connectivity index (χ0) is 52.1. The predicted octanol–water partition coefficient (Wildman–Crippen LogP) is 10.9. The van der Waals surface area contributed by atoms with Gasteiger partial charge in [-0.1, -0.05) is 93.6 Å². The summed E-state index contributed by atoms with van der Waals surface area (Å²) < 4.78 is 13.0. The fourth-order valence-corrected chi connectivity index (χ4v) is 20.7. The number of Topliss-reactive ketones (excluding diaryl/α,β-unsaturated/α-hetero) is 2. The number of hydrogen-bond donors (Lipinski definition) is 8. The highest BCUT2D eigenvalue weighted by Gasteiger charge is 2.52. The Morgan fingerprint density at radius 1 is 0.946 bits per heavy atom. The van der Waals surface area contributed by atoms with Crippen molar-refractivity contribution in [1.82, 2.24) is 5.32 Å². The molecule has 0 spiro atoms. The minimum Gasteiger partial charge on any atom is -0.508 e. The van der Waals surface area contributed by atoms with Crippen LogP contribution >= 0.6 is 43.2 Å². The average molecular weight is 1090 g/mol. The molecule has 0 radical (unpaired) electrons. The second-order valence-electron chi connectivity index (χ2n) is 21.5. The normalized spacial score (nSPS) is 28.5. The van der Waals surface area contributed by atoms with Gasteiger partial charge in [-0.2, -0.15) is 0 Å². The van der Waals surface area contributed by atoms with E-state index in [0.29, 0.717) is 61.2 Å². The molecule has 2 saturated heterocycles. The van der Waals surface area contributed by atoms with Crippen molar-refractivity contribution >= 4 is 71.2 Å². The second kappa shape index (κ2) is 25.1. The summed E-state index contributed by atoms with van der Waals surface area (Å²) >= 11 is 0. The molecule has 10 atom stereocenters. The quantitative estimate of drug-likeness (QED) is 0.0464. The lowest BCUT2D eigenvalue weighted by Gasteiger charge is -2.50. The average Bonchev–Trinajstić information content (AvgIpc) is 3.39. The number of phenols is 2. The van der Waals surface area contributed by atoms with Gasteiger partial charge < -0.3 is 45.4 Å². The maximum atomic E-state index is 15.0. The molecule has 402 valence electrons. The van der Waals surface area contributed by atoms with Gasteiger partial charge in [-0.05, 0) is 163 Å². The van der Waals surface area contributed by atoms with Crippen molar-refractivity contribution in [3.05, 3.63) is 81.9 Å². The highest BCUT2D eigenvalue weighted by Crippen LogP contribution is 2.59. The Bertz CT molecular complexity index is 2640. The number of carbonyl (C=O) groups is 2. The predicted molar refractivity (Wildman–Crippen MR) is 302 cm³/mol. The van der Waals surface area contributed by atoms with Gasteiger partial charge in [0.1, 0.15) is 23.5 Å². The summed E-state index contributed by atoms with van der Waals surface area (Å²) in [6, 6.07) is 14.9. The first-order chi connectivity index (χ1) is 35.9. The van der Waals surface area contributed by atoms with Gasteiger partial charge in [0.2, 0.25) is 0 Å². The van der Waals surface area contributed by atoms with Gasteiger partial charge in [0.15, 0.2) is 11.5 Å². The van der Waals surface area contributed by atoms with Crippen LogP contribution in [0.15, 0.2) is 48.5 Å². The number of carbonyl (C=O) groups excluding carboxylic acids is 2. The van der Waals surface area contributed by atoms with Gasteiger partial charge in [-0.15, -0.1) is 0 Å². The van der Waals surface area contributed by atoms with Gasteiger partial charge in [-0.3, -0.25) is 14.9 Å². The smallest absolute Gasteiger partial charge is 0.168 e. The molecule has 6 aliphatic rings. The van der Waals surface area contributed by atoms with Crippen LogP contribution in [-0.4, -0.2) is 103 Å². The van der Waals surface area contributed by atoms with Crippen LogP contribution in [0.4, 0.5) is 5.69 Å². The van der Waals surface area contributed by atoms with Crippen LogP contribution in [0.5, 0.6) is 17.2 Å². The number of ketones is 2. The number of phenolic OH excluding ortho intramolecular Hbond substituents is 2. The molecule has 1 saturated carbocycles. The Balaban J connectivity index is 1.23. The van der Waals surface area contributed by atoms with E-state index in [1.807, 2.05) is 51.9 Å². The van der Waals surface area contributed by atoms with Crippen LogP contribution in [0.25, 0.3) is 21.9 Å². The van der Waals surface area contributed by atoms with Crippen LogP contribution in [0, 0.1) is 17.8 Å². The van der Waals surface area contributed by atoms with E-state index in [1.165, 1.54) is 0 Å². The SMILES string of the molecule is CCCCCC1SSCC2CC3c4c(cc(CO)c(NCC(C)=O)c4CCC3CO)C(NC2CCCO)OC2CC(=O)CCc3ccc(O)c(OC)c3-c3ccc4ccc(O)cc4c3CSSC13CCC2CC3O. The van der Waals surface area contributed by atoms with E-state index in [-0.39, 0.29) is 97.2 Å². The van der Waals surface area contributed by atoms with Crippen LogP contribution < -0.4 is 15.4 Å². The lowest BCUT2D eigenvalue weighted by atomic mass is 9.67. The molecule has 10 rings (SSSR count). The van der Waals surface area contributed by atoms with Gasteiger partial charge in [-0.25, -0.2) is 0 Å². The van der Waals surface area contributed by atoms with Crippen molar-refractivity contribution in [2.75, 3.05) is 37.9 Å². The number of methoxy groups -OCH3 is 1. The maximum Gasteiger partial charge on any atom is 0.168 e. The summed E-state index contributed by atoms with van der Waals surface area (Å²) in [6.07, 6.45) is 7.98. The van der Waals surface area contributed by atoms with Crippen molar-refractivity contribution in [2.45, 2.75) is 163 Å². The first-order valence-electron chi connectivity index (χ1n) is 27.0. The molecule has 2 aliphatic carbocycles. The largest absolute Gasteiger partial charge is 0.508 e. The van der Waals surface area contributed by atoms with Crippen LogP contribution in [0.1, 0.15) is 143 Å². The molecule has 74 heavy (non-hydrogen) atoms. The molecular formula is C58H76N2O10S4. The van der Waals surface area contributed by atoms with Crippen molar-refractivity contribution < 1.29 is 49.7 Å². The van der Waals surface area contributed by atoms with Crippen molar-refractivity contribution in [3.63, 3.8) is 0 Å². The number of benzene rings is 4. The molecule has 4 aromatic carbocycles. The molecule has 10 unspecified atom stereocenters. The number of unbranched alkanes of at least 4 members (excludes halogenated alkanes) is 2. The third-order valence-electron chi connectivity index (χ3n) is 16.9. The Labute approximate surface area is 452 Å². The maximum absolute atomic E-state index is 15.0. The fourth-order valence-electron chi connectivity index (χ4n) is 13.0. The number of nitrogens with one attached hydrogen (secondary N) is 2. The summed E-state index contributed by atoms with van der Waals surface area (Å²) in [6.45, 7) is 3.66. The van der Waals surface area contributed by atoms with Gasteiger partial charge in [0.05, 0.1) is 37.2 Å². The van der Waals surface area contributed by atoms with Crippen molar-refractivity contribution in [2.24, 2.45) is 17.8 Å². The summed E-state index contributed by atoms with van der Waals surface area (Å²) in [4.78, 5) is 27.4. The van der Waals surface area contributed by atoms with Crippen molar-refractivity contribution in [3.8, 4) is 28.4 Å². The van der Waals surface area contributed by atoms with E-state index in [1.54, 1.807) is 47.8 Å². The molecule has 16 heteroatoms. The third kappa shape index (κ3) is 11.7. The van der Waals surface area contributed by atoms with E-state index in [0.717, 1.165) is 101 Å². The monoisotopic (exact) mass is 1090 g/mol. The van der Waals surface area contributed by atoms with Gasteiger partial charge in [0, 0.05) is 65.7 Å². The number of aliphatic hydroxyl groups is 4. The summed E-state index contributed by atoms with van der Waals surface area (Å²) in [5, 5.41) is 77.5. The lowest BCUT2D eigenvalue weighted by Crippen LogP contribution is -2.53.